The van der Waals surface area contributed by atoms with Crippen molar-refractivity contribution in [1.29, 1.82) is 0 Å². The lowest BCUT2D eigenvalue weighted by molar-refractivity contribution is -0.138. The Bertz CT molecular complexity index is 1260. The number of hydrogen-bond acceptors (Lipinski definition) is 3. The molecule has 7 nitrogen and oxygen atoms in total. The minimum atomic E-state index is -4.75. The van der Waals surface area contributed by atoms with Crippen LogP contribution in [0.4, 0.5) is 22.4 Å². The van der Waals surface area contributed by atoms with E-state index in [4.69, 9.17) is 0 Å². The molecule has 40 heavy (non-hydrogen) atoms. The summed E-state index contributed by atoms with van der Waals surface area (Å²) in [7, 11) is 1.76. The van der Waals surface area contributed by atoms with Crippen molar-refractivity contribution in [3.05, 3.63) is 71.0 Å². The minimum Gasteiger partial charge on any atom is -0.341 e. The first-order chi connectivity index (χ1) is 18.7. The Morgan fingerprint density at radius 2 is 1.62 bits per heavy atom. The van der Waals surface area contributed by atoms with Gasteiger partial charge in [-0.25, -0.2) is 9.18 Å². The summed E-state index contributed by atoms with van der Waals surface area (Å²) in [6, 6.07) is 10.0. The number of rotatable bonds is 6. The van der Waals surface area contributed by atoms with E-state index in [0.29, 0.717) is 50.7 Å². The molecule has 0 saturated carbocycles. The molecule has 2 saturated heterocycles. The molecule has 1 unspecified atom stereocenters. The van der Waals surface area contributed by atoms with Crippen molar-refractivity contribution in [3.63, 3.8) is 0 Å². The zero-order chi connectivity index (χ0) is 29.4. The molecule has 11 heteroatoms. The second-order valence-corrected chi connectivity index (χ2v) is 11.0. The van der Waals surface area contributed by atoms with E-state index in [-0.39, 0.29) is 12.1 Å². The van der Waals surface area contributed by atoms with Gasteiger partial charge in [-0.2, -0.15) is 13.2 Å². The number of nitrogens with one attached hydrogen (secondary N) is 1. The van der Waals surface area contributed by atoms with Crippen LogP contribution in [0.5, 0.6) is 0 Å². The van der Waals surface area contributed by atoms with Crippen LogP contribution < -0.4 is 5.32 Å². The summed E-state index contributed by atoms with van der Waals surface area (Å²) < 4.78 is 53.7. The van der Waals surface area contributed by atoms with Gasteiger partial charge in [0, 0.05) is 26.7 Å². The van der Waals surface area contributed by atoms with Gasteiger partial charge in [-0.1, -0.05) is 44.2 Å². The molecule has 1 spiro atoms. The molecule has 4 rings (SSSR count). The highest BCUT2D eigenvalue weighted by atomic mass is 19.4. The summed E-state index contributed by atoms with van der Waals surface area (Å²) in [5, 5.41) is 2.46. The lowest BCUT2D eigenvalue weighted by Gasteiger charge is -2.46. The zero-order valence-electron chi connectivity index (χ0n) is 23.0. The molecule has 0 aromatic heterocycles. The zero-order valence-corrected chi connectivity index (χ0v) is 23.0. The molecule has 0 aliphatic carbocycles. The van der Waals surface area contributed by atoms with E-state index in [2.05, 4.69) is 5.32 Å². The highest BCUT2D eigenvalue weighted by molar-refractivity contribution is 5.98. The van der Waals surface area contributed by atoms with Gasteiger partial charge in [0.25, 0.3) is 5.91 Å². The van der Waals surface area contributed by atoms with E-state index in [0.717, 1.165) is 5.56 Å². The third-order valence-corrected chi connectivity index (χ3v) is 8.01. The number of benzene rings is 2. The number of hydrogen-bond donors (Lipinski definition) is 1. The predicted molar refractivity (Wildman–Crippen MR) is 141 cm³/mol. The normalized spacial score (nSPS) is 18.8. The van der Waals surface area contributed by atoms with Gasteiger partial charge in [-0.05, 0) is 49.4 Å². The molecule has 2 atom stereocenters. The molecule has 2 aliphatic heterocycles. The van der Waals surface area contributed by atoms with Gasteiger partial charge in [-0.3, -0.25) is 9.59 Å². The number of alkyl halides is 3. The molecule has 216 valence electrons. The number of likely N-dealkylation sites (N-methyl/N-ethyl adjacent to an activating group) is 1. The number of halogens is 4. The molecule has 2 aliphatic rings. The number of amides is 4. The molecule has 0 radical (unpaired) electrons. The van der Waals surface area contributed by atoms with Crippen LogP contribution in [-0.4, -0.2) is 70.8 Å². The summed E-state index contributed by atoms with van der Waals surface area (Å²) in [6.07, 6.45) is -3.71. The van der Waals surface area contributed by atoms with Crippen LogP contribution in [0.25, 0.3) is 0 Å². The summed E-state index contributed by atoms with van der Waals surface area (Å²) >= 11 is 0. The molecule has 0 bridgehead atoms. The maximum absolute atomic E-state index is 14.3. The smallest absolute Gasteiger partial charge is 0.341 e. The highest BCUT2D eigenvalue weighted by Gasteiger charge is 2.52. The van der Waals surface area contributed by atoms with Crippen LogP contribution in [0.2, 0.25) is 0 Å². The van der Waals surface area contributed by atoms with E-state index < -0.39 is 52.4 Å². The lowest BCUT2D eigenvalue weighted by Crippen LogP contribution is -2.59. The third kappa shape index (κ3) is 5.64. The number of urea groups is 1. The van der Waals surface area contributed by atoms with Gasteiger partial charge in [-0.15, -0.1) is 0 Å². The summed E-state index contributed by atoms with van der Waals surface area (Å²) in [4.78, 5) is 44.8. The number of likely N-dealkylation sites (tertiary alicyclic amines) is 1. The van der Waals surface area contributed by atoms with Crippen molar-refractivity contribution in [1.82, 2.24) is 20.0 Å². The topological polar surface area (TPSA) is 73.0 Å². The van der Waals surface area contributed by atoms with Crippen molar-refractivity contribution in [2.24, 2.45) is 5.92 Å². The highest BCUT2D eigenvalue weighted by Crippen LogP contribution is 2.41. The van der Waals surface area contributed by atoms with Gasteiger partial charge in [0.2, 0.25) is 5.91 Å². The first-order valence-corrected chi connectivity index (χ1v) is 13.3. The van der Waals surface area contributed by atoms with Crippen LogP contribution in [-0.2, 0) is 11.0 Å². The average molecular weight is 563 g/mol. The average Bonchev–Trinajstić information content (AvgIpc) is 3.15. The Kier molecular flexibility index (Phi) is 8.14. The Balaban J connectivity index is 1.49. The van der Waals surface area contributed by atoms with Crippen LogP contribution in [0.1, 0.15) is 61.1 Å². The van der Waals surface area contributed by atoms with E-state index in [9.17, 15) is 31.9 Å². The molecular formula is C29H34F4N4O3. The van der Waals surface area contributed by atoms with E-state index in [1.165, 1.54) is 0 Å². The Hall–Kier alpha value is -3.63. The fourth-order valence-electron chi connectivity index (χ4n) is 5.78. The van der Waals surface area contributed by atoms with Gasteiger partial charge in [0.05, 0.1) is 22.7 Å². The molecule has 2 aromatic carbocycles. The summed E-state index contributed by atoms with van der Waals surface area (Å²) in [5.74, 6) is -3.00. The maximum atomic E-state index is 14.3. The Labute approximate surface area is 231 Å². The predicted octanol–water partition coefficient (Wildman–Crippen LogP) is 5.09. The third-order valence-electron chi connectivity index (χ3n) is 8.01. The number of nitrogens with zero attached hydrogens (tertiary/aromatic N) is 3. The van der Waals surface area contributed by atoms with Crippen molar-refractivity contribution in [2.75, 3.05) is 26.7 Å². The van der Waals surface area contributed by atoms with Crippen LogP contribution >= 0.6 is 0 Å². The van der Waals surface area contributed by atoms with E-state index >= 15 is 0 Å². The monoisotopic (exact) mass is 562 g/mol. The molecule has 1 N–H and O–H groups in total. The van der Waals surface area contributed by atoms with E-state index in [1.54, 1.807) is 30.7 Å². The van der Waals surface area contributed by atoms with Crippen molar-refractivity contribution >= 4 is 17.8 Å². The maximum Gasteiger partial charge on any atom is 0.416 e. The largest absolute Gasteiger partial charge is 0.416 e. The van der Waals surface area contributed by atoms with E-state index in [1.807, 2.05) is 42.2 Å². The SMILES string of the molecule is CC(C)[C@@H](NC(=O)c1cc(C(F)(F)F)ccc1F)C(=O)N1CCC2(CC1)CN(C)C(=O)N2C(C)c1ccccc1. The van der Waals surface area contributed by atoms with Crippen LogP contribution in [0, 0.1) is 11.7 Å². The van der Waals surface area contributed by atoms with Gasteiger partial charge in [0.15, 0.2) is 0 Å². The van der Waals surface area contributed by atoms with Crippen LogP contribution in [0.15, 0.2) is 48.5 Å². The standard InChI is InChI=1S/C29H34F4N4O3/c1-18(2)24(34-25(38)22-16-21(29(31,32)33)10-11-23(22)30)26(39)36-14-12-28(13-15-36)17-35(4)27(40)37(28)19(3)20-8-6-5-7-9-20/h5-11,16,18-19,24H,12-15,17H2,1-4H3,(H,34,38)/t19?,24-/m1/s1. The van der Waals surface area contributed by atoms with Gasteiger partial charge >= 0.3 is 12.2 Å². The van der Waals surface area contributed by atoms with Gasteiger partial charge in [0.1, 0.15) is 11.9 Å². The molecular weight excluding hydrogens is 528 g/mol. The number of carbonyl (C=O) groups excluding carboxylic acids is 3. The fourth-order valence-corrected chi connectivity index (χ4v) is 5.78. The molecule has 2 fully saturated rings. The first-order valence-electron chi connectivity index (χ1n) is 13.3. The van der Waals surface area contributed by atoms with Crippen molar-refractivity contribution in [3.8, 4) is 0 Å². The molecule has 2 heterocycles. The molecule has 2 aromatic rings. The fraction of sp³-hybridized carbons (Fsp3) is 0.483. The lowest BCUT2D eigenvalue weighted by atomic mass is 9.84. The van der Waals surface area contributed by atoms with Gasteiger partial charge < -0.3 is 20.0 Å². The quantitative estimate of drug-likeness (QED) is 0.499. The molecule has 4 amide bonds. The van der Waals surface area contributed by atoms with Crippen molar-refractivity contribution in [2.45, 2.75) is 57.4 Å². The minimum absolute atomic E-state index is 0.0773. The van der Waals surface area contributed by atoms with Crippen molar-refractivity contribution < 1.29 is 31.9 Å². The number of piperidine rings is 1. The Morgan fingerprint density at radius 1 is 1.00 bits per heavy atom. The van der Waals surface area contributed by atoms with Crippen LogP contribution in [0.3, 0.4) is 0 Å². The number of carbonyl (C=O) groups is 3. The first kappa shape index (κ1) is 29.4. The summed E-state index contributed by atoms with van der Waals surface area (Å²) in [5.41, 5.74) is -1.40. The Morgan fingerprint density at radius 3 is 2.20 bits per heavy atom. The second kappa shape index (κ2) is 11.1. The second-order valence-electron chi connectivity index (χ2n) is 11.0. The summed E-state index contributed by atoms with van der Waals surface area (Å²) in [6.45, 7) is 6.56.